The molecule has 0 spiro atoms. The Kier molecular flexibility index (Phi) is 5.32. The van der Waals surface area contributed by atoms with Crippen molar-refractivity contribution in [2.45, 2.75) is 49.7 Å². The molecule has 0 bridgehead atoms. The molecule has 2 aliphatic heterocycles. The van der Waals surface area contributed by atoms with E-state index in [0.717, 1.165) is 0 Å². The Balaban J connectivity index is 1.38. The van der Waals surface area contributed by atoms with E-state index in [9.17, 15) is 25.2 Å². The Hall–Kier alpha value is -3.34. The largest absolute Gasteiger partial charge is 0.394 e. The molecular formula is C20H22N8O7. The molecule has 6 heterocycles. The van der Waals surface area contributed by atoms with E-state index in [-0.39, 0.29) is 43.0 Å². The Morgan fingerprint density at radius 1 is 0.800 bits per heavy atom. The molecule has 35 heavy (non-hydrogen) atoms. The van der Waals surface area contributed by atoms with Crippen LogP contribution in [0.1, 0.15) is 25.3 Å². The number of aliphatic hydroxyl groups is 4. The fourth-order valence-corrected chi connectivity index (χ4v) is 4.60. The zero-order valence-electron chi connectivity index (χ0n) is 18.2. The summed E-state index contributed by atoms with van der Waals surface area (Å²) in [4.78, 5) is 34.8. The molecule has 4 aromatic rings. The van der Waals surface area contributed by atoms with Gasteiger partial charge in [-0.1, -0.05) is 0 Å². The summed E-state index contributed by atoms with van der Waals surface area (Å²) < 4.78 is 15.7. The molecular weight excluding hydrogens is 464 g/mol. The number of imidazole rings is 2. The molecule has 2 unspecified atom stereocenters. The highest BCUT2D eigenvalue weighted by Gasteiger charge is 2.36. The van der Waals surface area contributed by atoms with Gasteiger partial charge >= 0.3 is 0 Å². The second-order valence-electron chi connectivity index (χ2n) is 8.49. The third kappa shape index (κ3) is 3.43. The van der Waals surface area contributed by atoms with Crippen molar-refractivity contribution in [3.8, 4) is 5.82 Å². The Labute approximate surface area is 195 Å². The minimum absolute atomic E-state index is 0.0669. The van der Waals surface area contributed by atoms with Crippen LogP contribution in [0.25, 0.3) is 28.1 Å². The van der Waals surface area contributed by atoms with Crippen molar-refractivity contribution in [2.75, 3.05) is 13.2 Å². The Morgan fingerprint density at radius 2 is 1.37 bits per heavy atom. The highest BCUT2D eigenvalue weighted by Crippen LogP contribution is 2.32. The molecule has 4 aromatic heterocycles. The maximum atomic E-state index is 13.3. The quantitative estimate of drug-likeness (QED) is 0.243. The average molecular weight is 486 g/mol. The Morgan fingerprint density at radius 3 is 1.94 bits per heavy atom. The first-order valence-electron chi connectivity index (χ1n) is 11.0. The lowest BCUT2D eigenvalue weighted by Gasteiger charge is -2.14. The van der Waals surface area contributed by atoms with Gasteiger partial charge in [-0.15, -0.1) is 0 Å². The molecule has 2 aliphatic rings. The summed E-state index contributed by atoms with van der Waals surface area (Å²) in [6, 6.07) is 0. The summed E-state index contributed by atoms with van der Waals surface area (Å²) in [5.41, 5.74) is 0.535. The number of aromatic nitrogens is 8. The van der Waals surface area contributed by atoms with Crippen LogP contribution in [0.2, 0.25) is 0 Å². The van der Waals surface area contributed by atoms with Crippen molar-refractivity contribution in [2.24, 2.45) is 0 Å². The molecule has 0 aliphatic carbocycles. The second kappa shape index (κ2) is 8.40. The van der Waals surface area contributed by atoms with Crippen molar-refractivity contribution in [3.63, 3.8) is 0 Å². The molecule has 0 amide bonds. The van der Waals surface area contributed by atoms with Crippen LogP contribution in [0.4, 0.5) is 0 Å². The van der Waals surface area contributed by atoms with Crippen LogP contribution in [0, 0.1) is 0 Å². The summed E-state index contributed by atoms with van der Waals surface area (Å²) in [6.45, 7) is -0.643. The lowest BCUT2D eigenvalue weighted by molar-refractivity contribution is -0.0432. The van der Waals surface area contributed by atoms with Crippen LogP contribution in [0.15, 0.2) is 30.1 Å². The standard InChI is InChI=1S/C20H22N8O7/c29-3-11-9(31)1-13(34-11)26-6-23-15-17(26)21-5-22-18(15)28-8-25-19-16(20(28)33)24-7-27(19)14-2-10(32)12(4-30)35-14/h5-14,29-32H,1-4H2/t9?,10?,11-,12-,13-,14-/m1/s1. The topological polar surface area (TPSA) is 196 Å². The van der Waals surface area contributed by atoms with E-state index in [1.807, 2.05) is 0 Å². The number of nitrogens with zero attached hydrogens (tertiary/aromatic N) is 8. The van der Waals surface area contributed by atoms with Crippen LogP contribution in [0.3, 0.4) is 0 Å². The van der Waals surface area contributed by atoms with Crippen molar-refractivity contribution in [3.05, 3.63) is 35.7 Å². The number of ether oxygens (including phenoxy) is 2. The molecule has 0 aromatic carbocycles. The number of fused-ring (bicyclic) bond motifs is 2. The van der Waals surface area contributed by atoms with Gasteiger partial charge in [0.05, 0.1) is 38.1 Å². The SMILES string of the molecule is O=c1c2ncn([C@H]3CC(O)[C@@H](CO)O3)c2ncn1-c1ncnc2c1ncn2[C@H]1CC(O)[C@@H](CO)O1. The van der Waals surface area contributed by atoms with E-state index in [1.165, 1.54) is 29.9 Å². The van der Waals surface area contributed by atoms with Crippen molar-refractivity contribution < 1.29 is 29.9 Å². The lowest BCUT2D eigenvalue weighted by Crippen LogP contribution is -2.24. The molecule has 15 heteroatoms. The maximum Gasteiger partial charge on any atom is 0.287 e. The van der Waals surface area contributed by atoms with Gasteiger partial charge in [0.15, 0.2) is 28.1 Å². The van der Waals surface area contributed by atoms with E-state index < -0.39 is 42.4 Å². The molecule has 6 rings (SSSR count). The fourth-order valence-electron chi connectivity index (χ4n) is 4.60. The van der Waals surface area contributed by atoms with E-state index >= 15 is 0 Å². The highest BCUT2D eigenvalue weighted by molar-refractivity contribution is 5.79. The molecule has 4 N–H and O–H groups in total. The summed E-state index contributed by atoms with van der Waals surface area (Å²) in [5, 5.41) is 38.8. The third-order valence-corrected chi connectivity index (χ3v) is 6.44. The molecule has 184 valence electrons. The van der Waals surface area contributed by atoms with Gasteiger partial charge in [-0.3, -0.25) is 13.9 Å². The lowest BCUT2D eigenvalue weighted by atomic mass is 10.2. The second-order valence-corrected chi connectivity index (χ2v) is 8.49. The van der Waals surface area contributed by atoms with Gasteiger partial charge in [0.25, 0.3) is 5.56 Å². The molecule has 15 nitrogen and oxygen atoms in total. The maximum absolute atomic E-state index is 13.3. The van der Waals surface area contributed by atoms with Crippen molar-refractivity contribution >= 4 is 22.3 Å². The van der Waals surface area contributed by atoms with Gasteiger partial charge in [-0.25, -0.2) is 29.5 Å². The number of aliphatic hydroxyl groups excluding tert-OH is 4. The first-order valence-corrected chi connectivity index (χ1v) is 11.0. The van der Waals surface area contributed by atoms with Crippen LogP contribution in [0.5, 0.6) is 0 Å². The highest BCUT2D eigenvalue weighted by atomic mass is 16.5. The fraction of sp³-hybridized carbons (Fsp3) is 0.500. The molecule has 2 saturated heterocycles. The average Bonchev–Trinajstić information content (AvgIpc) is 3.63. The zero-order chi connectivity index (χ0) is 24.3. The summed E-state index contributed by atoms with van der Waals surface area (Å²) in [6.07, 6.45) is 1.62. The Bertz CT molecular complexity index is 1450. The molecule has 2 fully saturated rings. The number of rotatable bonds is 5. The first-order chi connectivity index (χ1) is 17.0. The molecule has 0 radical (unpaired) electrons. The predicted molar refractivity (Wildman–Crippen MR) is 115 cm³/mol. The van der Waals surface area contributed by atoms with E-state index in [2.05, 4.69) is 24.9 Å². The van der Waals surface area contributed by atoms with Gasteiger partial charge in [0.1, 0.15) is 37.3 Å². The summed E-state index contributed by atoms with van der Waals surface area (Å²) in [7, 11) is 0. The van der Waals surface area contributed by atoms with Crippen LogP contribution in [-0.4, -0.2) is 96.7 Å². The zero-order valence-corrected chi connectivity index (χ0v) is 18.2. The van der Waals surface area contributed by atoms with Crippen LogP contribution < -0.4 is 5.56 Å². The summed E-state index contributed by atoms with van der Waals surface area (Å²) in [5.74, 6) is 0.188. The normalized spacial score (nSPS) is 29.0. The van der Waals surface area contributed by atoms with Gasteiger partial charge in [0, 0.05) is 12.8 Å². The van der Waals surface area contributed by atoms with Crippen LogP contribution in [-0.2, 0) is 9.47 Å². The first kappa shape index (κ1) is 22.1. The van der Waals surface area contributed by atoms with Gasteiger partial charge in [-0.2, -0.15) is 0 Å². The number of hydrogen-bond acceptors (Lipinski definition) is 12. The van der Waals surface area contributed by atoms with Gasteiger partial charge in [0.2, 0.25) is 0 Å². The minimum Gasteiger partial charge on any atom is -0.394 e. The summed E-state index contributed by atoms with van der Waals surface area (Å²) >= 11 is 0. The van der Waals surface area contributed by atoms with Crippen molar-refractivity contribution in [1.29, 1.82) is 0 Å². The van der Waals surface area contributed by atoms with E-state index in [0.29, 0.717) is 11.2 Å². The monoisotopic (exact) mass is 486 g/mol. The van der Waals surface area contributed by atoms with Crippen molar-refractivity contribution in [1.82, 2.24) is 38.6 Å². The third-order valence-electron chi connectivity index (χ3n) is 6.44. The van der Waals surface area contributed by atoms with Crippen LogP contribution >= 0.6 is 0 Å². The minimum atomic E-state index is -0.843. The predicted octanol–water partition coefficient (Wildman–Crippen LogP) is -2.00. The van der Waals surface area contributed by atoms with Gasteiger partial charge < -0.3 is 29.9 Å². The molecule has 6 atom stereocenters. The molecule has 0 saturated carbocycles. The van der Waals surface area contributed by atoms with E-state index in [4.69, 9.17) is 9.47 Å². The number of hydrogen-bond donors (Lipinski definition) is 4. The smallest absolute Gasteiger partial charge is 0.287 e. The van der Waals surface area contributed by atoms with Gasteiger partial charge in [-0.05, 0) is 0 Å². The van der Waals surface area contributed by atoms with E-state index in [1.54, 1.807) is 9.13 Å².